The van der Waals surface area contributed by atoms with Crippen LogP contribution in [0, 0.1) is 6.92 Å². The van der Waals surface area contributed by atoms with Crippen molar-refractivity contribution in [3.63, 3.8) is 0 Å². The van der Waals surface area contributed by atoms with Crippen LogP contribution in [0.5, 0.6) is 0 Å². The number of aromatic nitrogens is 2. The van der Waals surface area contributed by atoms with Gasteiger partial charge in [0.2, 0.25) is 11.8 Å². The molecule has 3 amide bonds. The van der Waals surface area contributed by atoms with Gasteiger partial charge in [0, 0.05) is 47.7 Å². The van der Waals surface area contributed by atoms with Gasteiger partial charge < -0.3 is 24.9 Å². The van der Waals surface area contributed by atoms with Crippen LogP contribution < -0.4 is 5.32 Å². The molecule has 6 rings (SSSR count). The molecule has 3 saturated heterocycles. The lowest BCUT2D eigenvalue weighted by Gasteiger charge is -2.42. The zero-order chi connectivity index (χ0) is 30.7. The molecule has 3 aromatic rings. The molecule has 3 aliphatic heterocycles. The molecular formula is C28H30F2N5O6PS. The average molecular weight is 634 g/mol. The molecule has 3 N–H and O–H groups in total. The van der Waals surface area contributed by atoms with Crippen LogP contribution in [0.1, 0.15) is 64.6 Å². The second-order valence-electron chi connectivity index (χ2n) is 11.4. The smallest absolute Gasteiger partial charge is 0.340 e. The molecule has 0 unspecified atom stereocenters. The summed E-state index contributed by atoms with van der Waals surface area (Å²) in [6.07, 6.45) is 6.35. The summed E-state index contributed by atoms with van der Waals surface area (Å²) in [6, 6.07) is 2.99. The maximum atomic E-state index is 14.2. The van der Waals surface area contributed by atoms with Crippen LogP contribution >= 0.6 is 18.9 Å². The first kappa shape index (κ1) is 29.7. The Balaban J connectivity index is 1.15. The molecule has 1 aromatic carbocycles. The molecule has 0 aliphatic carbocycles. The predicted molar refractivity (Wildman–Crippen MR) is 153 cm³/mol. The van der Waals surface area contributed by atoms with E-state index in [1.807, 2.05) is 6.92 Å². The van der Waals surface area contributed by atoms with Gasteiger partial charge in [-0.25, -0.2) is 0 Å². The first-order valence-electron chi connectivity index (χ1n) is 14.0. The van der Waals surface area contributed by atoms with Gasteiger partial charge >= 0.3 is 13.3 Å². The summed E-state index contributed by atoms with van der Waals surface area (Å²) in [4.78, 5) is 70.9. The van der Waals surface area contributed by atoms with Crippen molar-refractivity contribution < 1.29 is 37.5 Å². The van der Waals surface area contributed by atoms with Gasteiger partial charge in [0.25, 0.3) is 5.91 Å². The van der Waals surface area contributed by atoms with Gasteiger partial charge in [0.05, 0.1) is 16.3 Å². The molecule has 5 heterocycles. The Bertz CT molecular complexity index is 1660. The van der Waals surface area contributed by atoms with Crippen molar-refractivity contribution in [3.05, 3.63) is 58.5 Å². The number of amides is 3. The highest BCUT2D eigenvalue weighted by atomic mass is 32.1. The van der Waals surface area contributed by atoms with Gasteiger partial charge in [0.1, 0.15) is 12.1 Å². The van der Waals surface area contributed by atoms with E-state index in [9.17, 15) is 27.7 Å². The van der Waals surface area contributed by atoms with Crippen molar-refractivity contribution in [2.75, 3.05) is 13.1 Å². The third-order valence-electron chi connectivity index (χ3n) is 8.63. The maximum absolute atomic E-state index is 14.2. The molecule has 0 radical (unpaired) electrons. The van der Waals surface area contributed by atoms with Crippen LogP contribution in [0.25, 0.3) is 10.1 Å². The van der Waals surface area contributed by atoms with E-state index in [2.05, 4.69) is 15.3 Å². The van der Waals surface area contributed by atoms with Crippen LogP contribution in [0.4, 0.5) is 8.78 Å². The first-order valence-corrected chi connectivity index (χ1v) is 16.4. The molecule has 0 saturated carbocycles. The zero-order valence-electron chi connectivity index (χ0n) is 23.2. The fourth-order valence-corrected chi connectivity index (χ4v) is 7.76. The number of halogens is 2. The van der Waals surface area contributed by atoms with E-state index in [0.29, 0.717) is 43.5 Å². The number of aryl methyl sites for hydroxylation is 1. The van der Waals surface area contributed by atoms with E-state index in [0.717, 1.165) is 41.3 Å². The van der Waals surface area contributed by atoms with E-state index < -0.39 is 36.8 Å². The number of benzene rings is 1. The predicted octanol–water partition coefficient (Wildman–Crippen LogP) is 3.49. The number of nitrogens with one attached hydrogen (secondary N) is 1. The van der Waals surface area contributed by atoms with Crippen LogP contribution in [-0.4, -0.2) is 78.5 Å². The molecule has 3 aliphatic rings. The first-order chi connectivity index (χ1) is 20.3. The van der Waals surface area contributed by atoms with Crippen molar-refractivity contribution >= 4 is 46.7 Å². The van der Waals surface area contributed by atoms with Crippen molar-refractivity contribution in [2.45, 2.75) is 68.7 Å². The molecule has 15 heteroatoms. The second-order valence-corrected chi connectivity index (χ2v) is 14.1. The van der Waals surface area contributed by atoms with Crippen LogP contribution in [0.15, 0.2) is 36.7 Å². The molecule has 3 atom stereocenters. The summed E-state index contributed by atoms with van der Waals surface area (Å²) >= 11 is 1.02. The van der Waals surface area contributed by atoms with Gasteiger partial charge in [-0.15, -0.1) is 11.3 Å². The zero-order valence-corrected chi connectivity index (χ0v) is 24.9. The monoisotopic (exact) mass is 633 g/mol. The van der Waals surface area contributed by atoms with E-state index in [1.54, 1.807) is 22.2 Å². The third kappa shape index (κ3) is 5.34. The Kier molecular flexibility index (Phi) is 7.60. The maximum Gasteiger partial charge on any atom is 0.399 e. The Hall–Kier alpha value is -3.32. The number of likely N-dealkylation sites (tertiary alicyclic amines) is 1. The third-order valence-corrected chi connectivity index (χ3v) is 10.7. The van der Waals surface area contributed by atoms with Gasteiger partial charge in [-0.3, -0.25) is 28.9 Å². The normalized spacial score (nSPS) is 23.2. The lowest BCUT2D eigenvalue weighted by Crippen LogP contribution is -2.58. The van der Waals surface area contributed by atoms with Gasteiger partial charge in [-0.1, -0.05) is 6.07 Å². The quantitative estimate of drug-likeness (QED) is 0.349. The number of carbonyl (C=O) groups excluding carboxylic acids is 3. The van der Waals surface area contributed by atoms with E-state index >= 15 is 0 Å². The average Bonchev–Trinajstić information content (AvgIpc) is 3.52. The number of alkyl halides is 2. The highest BCUT2D eigenvalue weighted by Crippen LogP contribution is 2.59. The van der Waals surface area contributed by atoms with Crippen LogP contribution in [0.2, 0.25) is 0 Å². The number of fused-ring (bicyclic) bond motifs is 2. The molecule has 2 aromatic heterocycles. The van der Waals surface area contributed by atoms with Crippen LogP contribution in [0.3, 0.4) is 0 Å². The summed E-state index contributed by atoms with van der Waals surface area (Å²) in [7, 11) is -5.75. The number of hydrogen-bond acceptors (Lipinski definition) is 7. The van der Waals surface area contributed by atoms with E-state index in [1.165, 1.54) is 12.1 Å². The minimum absolute atomic E-state index is 0.0823. The van der Waals surface area contributed by atoms with Gasteiger partial charge in [-0.2, -0.15) is 8.78 Å². The summed E-state index contributed by atoms with van der Waals surface area (Å²) in [6.45, 7) is 2.91. The minimum Gasteiger partial charge on any atom is -0.340 e. The number of carbonyl (C=O) groups is 3. The Morgan fingerprint density at radius 2 is 1.84 bits per heavy atom. The van der Waals surface area contributed by atoms with Gasteiger partial charge in [0.15, 0.2) is 0 Å². The summed E-state index contributed by atoms with van der Waals surface area (Å²) in [5.41, 5.74) is -3.52. The lowest BCUT2D eigenvalue weighted by molar-refractivity contribution is -0.148. The van der Waals surface area contributed by atoms with Crippen molar-refractivity contribution in [3.8, 4) is 0 Å². The highest BCUT2D eigenvalue weighted by molar-refractivity contribution is 7.52. The molecule has 0 bridgehead atoms. The topological polar surface area (TPSA) is 153 Å². The summed E-state index contributed by atoms with van der Waals surface area (Å²) < 4.78 is 40.2. The molecular weight excluding hydrogens is 603 g/mol. The molecule has 0 spiro atoms. The minimum atomic E-state index is -5.75. The van der Waals surface area contributed by atoms with E-state index in [-0.39, 0.29) is 34.0 Å². The fourth-order valence-electron chi connectivity index (χ4n) is 6.34. The number of thiophene rings is 1. The highest BCUT2D eigenvalue weighted by Gasteiger charge is 2.51. The van der Waals surface area contributed by atoms with E-state index in [4.69, 9.17) is 9.79 Å². The summed E-state index contributed by atoms with van der Waals surface area (Å²) in [5, 5.41) is 3.01. The van der Waals surface area contributed by atoms with Gasteiger partial charge in [-0.05, 0) is 62.6 Å². The lowest BCUT2D eigenvalue weighted by atomic mass is 9.93. The number of hydrogen-bond donors (Lipinski definition) is 3. The SMILES string of the molecule is Cc1nccnc1C1CN(C(=O)[C@@H]2CC[C@@H]3CCC[C@H](NC(=O)c4cc5cc(C(F)(F)P(=O)(O)O)ccc5s4)C(=O)N32)C1. The second kappa shape index (κ2) is 11.0. The molecule has 3 fully saturated rings. The fraction of sp³-hybridized carbons (Fsp3) is 0.464. The number of rotatable bonds is 6. The van der Waals surface area contributed by atoms with Crippen molar-refractivity contribution in [2.24, 2.45) is 0 Å². The largest absolute Gasteiger partial charge is 0.399 e. The number of nitrogens with zero attached hydrogens (tertiary/aromatic N) is 4. The Morgan fingerprint density at radius 3 is 2.56 bits per heavy atom. The van der Waals surface area contributed by atoms with Crippen LogP contribution in [-0.2, 0) is 19.8 Å². The Labute approximate surface area is 249 Å². The molecule has 11 nitrogen and oxygen atoms in total. The Morgan fingerprint density at radius 1 is 1.09 bits per heavy atom. The van der Waals surface area contributed by atoms with Crippen molar-refractivity contribution in [1.29, 1.82) is 0 Å². The summed E-state index contributed by atoms with van der Waals surface area (Å²) in [5.74, 6) is -0.873. The molecule has 228 valence electrons. The van der Waals surface area contributed by atoms with Crippen molar-refractivity contribution in [1.82, 2.24) is 25.1 Å². The molecule has 43 heavy (non-hydrogen) atoms. The standard InChI is InChI=1S/C28H30F2N5O6PS/c1-15-24(32-10-9-31-15)17-13-34(14-17)27(38)21-7-6-19-3-2-4-20(26(37)35(19)21)33-25(36)23-12-16-11-18(5-8-22(16)43-23)28(29,30)42(39,40)41/h5,8-12,17,19-21H,2-4,6-7,13-14H2,1H3,(H,33,36)(H2,39,40,41)/t19-,20-,21-/m0/s1.